The van der Waals surface area contributed by atoms with Crippen LogP contribution < -0.4 is 5.32 Å². The van der Waals surface area contributed by atoms with E-state index in [9.17, 15) is 14.0 Å². The number of hydrogen-bond donors (Lipinski definition) is 1. The molecule has 1 aliphatic rings. The van der Waals surface area contributed by atoms with Crippen LogP contribution in [-0.2, 0) is 9.59 Å². The zero-order chi connectivity index (χ0) is 17.7. The van der Waals surface area contributed by atoms with Gasteiger partial charge in [-0.1, -0.05) is 12.1 Å². The van der Waals surface area contributed by atoms with Crippen LogP contribution in [0.3, 0.4) is 0 Å². The third-order valence-corrected chi connectivity index (χ3v) is 4.32. The highest BCUT2D eigenvalue weighted by Gasteiger charge is 2.26. The molecule has 2 amide bonds. The van der Waals surface area contributed by atoms with Gasteiger partial charge in [0.1, 0.15) is 5.82 Å². The molecule has 0 aliphatic carbocycles. The van der Waals surface area contributed by atoms with E-state index in [1.54, 1.807) is 37.2 Å². The summed E-state index contributed by atoms with van der Waals surface area (Å²) in [5, 5.41) is 2.64. The molecule has 1 heterocycles. The third-order valence-electron chi connectivity index (χ3n) is 4.32. The highest BCUT2D eigenvalue weighted by Crippen LogP contribution is 2.14. The van der Waals surface area contributed by atoms with Crippen molar-refractivity contribution < 1.29 is 14.0 Å². The quantitative estimate of drug-likeness (QED) is 0.866. The van der Waals surface area contributed by atoms with Gasteiger partial charge >= 0.3 is 0 Å². The average Bonchev–Trinajstić information content (AvgIpc) is 2.56. The molecule has 0 spiro atoms. The van der Waals surface area contributed by atoms with Crippen LogP contribution in [0.1, 0.15) is 6.92 Å². The van der Waals surface area contributed by atoms with Gasteiger partial charge in [0, 0.05) is 40.3 Å². The molecule has 2 rings (SSSR count). The average molecular weight is 336 g/mol. The van der Waals surface area contributed by atoms with Crippen LogP contribution in [0.5, 0.6) is 0 Å². The van der Waals surface area contributed by atoms with Crippen LogP contribution in [0.25, 0.3) is 0 Å². The van der Waals surface area contributed by atoms with E-state index in [0.717, 1.165) is 13.1 Å². The molecule has 0 aromatic heterocycles. The smallest absolute Gasteiger partial charge is 0.241 e. The Balaban J connectivity index is 1.84. The van der Waals surface area contributed by atoms with E-state index in [2.05, 4.69) is 10.2 Å². The molecule has 0 unspecified atom stereocenters. The molecule has 1 saturated heterocycles. The Labute approximate surface area is 142 Å². The Kier molecular flexibility index (Phi) is 6.28. The maximum absolute atomic E-state index is 13.6. The molecule has 1 aliphatic heterocycles. The molecule has 0 bridgehead atoms. The maximum atomic E-state index is 13.6. The third kappa shape index (κ3) is 4.75. The first-order valence-corrected chi connectivity index (χ1v) is 8.10. The topological polar surface area (TPSA) is 55.9 Å². The molecule has 1 atom stereocenters. The Bertz CT molecular complexity index is 586. The van der Waals surface area contributed by atoms with Gasteiger partial charge in [-0.25, -0.2) is 4.39 Å². The van der Waals surface area contributed by atoms with E-state index in [1.807, 2.05) is 11.8 Å². The van der Waals surface area contributed by atoms with Crippen LogP contribution >= 0.6 is 0 Å². The Morgan fingerprint density at radius 3 is 2.42 bits per heavy atom. The van der Waals surface area contributed by atoms with Crippen molar-refractivity contribution in [1.29, 1.82) is 0 Å². The molecule has 24 heavy (non-hydrogen) atoms. The zero-order valence-corrected chi connectivity index (χ0v) is 14.5. The van der Waals surface area contributed by atoms with E-state index in [4.69, 9.17) is 0 Å². The van der Waals surface area contributed by atoms with Crippen LogP contribution in [-0.4, -0.2) is 79.4 Å². The Morgan fingerprint density at radius 2 is 1.83 bits per heavy atom. The predicted molar refractivity (Wildman–Crippen MR) is 91.2 cm³/mol. The van der Waals surface area contributed by atoms with Crippen LogP contribution in [0.4, 0.5) is 10.1 Å². The monoisotopic (exact) mass is 336 g/mol. The number of amides is 2. The second-order valence-electron chi connectivity index (χ2n) is 6.25. The summed E-state index contributed by atoms with van der Waals surface area (Å²) in [5.41, 5.74) is 0.199. The van der Waals surface area contributed by atoms with Crippen molar-refractivity contribution in [2.24, 2.45) is 0 Å². The number of para-hydroxylation sites is 1. The number of carbonyl (C=O) groups excluding carboxylic acids is 2. The van der Waals surface area contributed by atoms with Gasteiger partial charge in [-0.2, -0.15) is 0 Å². The van der Waals surface area contributed by atoms with Gasteiger partial charge in [0.2, 0.25) is 11.8 Å². The van der Waals surface area contributed by atoms with Crippen molar-refractivity contribution in [3.8, 4) is 0 Å². The fourth-order valence-corrected chi connectivity index (χ4v) is 2.61. The predicted octanol–water partition coefficient (Wildman–Crippen LogP) is 0.858. The Morgan fingerprint density at radius 1 is 1.21 bits per heavy atom. The van der Waals surface area contributed by atoms with E-state index in [0.29, 0.717) is 19.6 Å². The lowest BCUT2D eigenvalue weighted by molar-refractivity contribution is -0.131. The first kappa shape index (κ1) is 18.4. The van der Waals surface area contributed by atoms with E-state index in [1.165, 1.54) is 6.07 Å². The number of anilines is 1. The molecule has 132 valence electrons. The summed E-state index contributed by atoms with van der Waals surface area (Å²) in [5.74, 6) is -0.586. The normalized spacial score (nSPS) is 17.3. The summed E-state index contributed by atoms with van der Waals surface area (Å²) in [7, 11) is 3.49. The number of likely N-dealkylation sites (N-methyl/N-ethyl adjacent to an activating group) is 1. The van der Waals surface area contributed by atoms with Crippen molar-refractivity contribution in [3.05, 3.63) is 30.1 Å². The highest BCUT2D eigenvalue weighted by molar-refractivity contribution is 5.94. The Hall–Kier alpha value is -1.99. The van der Waals surface area contributed by atoms with Crippen molar-refractivity contribution in [2.45, 2.75) is 13.0 Å². The number of rotatable bonds is 5. The molecule has 1 fully saturated rings. The van der Waals surface area contributed by atoms with Crippen molar-refractivity contribution in [3.63, 3.8) is 0 Å². The lowest BCUT2D eigenvalue weighted by Crippen LogP contribution is -2.54. The first-order chi connectivity index (χ1) is 11.4. The molecular formula is C17H25FN4O2. The molecule has 1 aromatic rings. The van der Waals surface area contributed by atoms with Gasteiger partial charge in [0.25, 0.3) is 0 Å². The number of piperazine rings is 1. The van der Waals surface area contributed by atoms with Crippen LogP contribution in [0.2, 0.25) is 0 Å². The molecule has 0 saturated carbocycles. The van der Waals surface area contributed by atoms with E-state index in [-0.39, 0.29) is 23.5 Å². The SMILES string of the molecule is C[C@@H](C(=O)Nc1ccccc1F)N1CCN(CC(=O)N(C)C)CC1. The number of benzene rings is 1. The minimum atomic E-state index is -0.440. The van der Waals surface area contributed by atoms with Gasteiger partial charge in [-0.05, 0) is 19.1 Å². The summed E-state index contributed by atoms with van der Waals surface area (Å²) in [4.78, 5) is 29.8. The second-order valence-corrected chi connectivity index (χ2v) is 6.25. The molecule has 1 aromatic carbocycles. The standard InChI is InChI=1S/C17H25FN4O2/c1-13(17(24)19-15-7-5-4-6-14(15)18)22-10-8-21(9-11-22)12-16(23)20(2)3/h4-7,13H,8-12H2,1-3H3,(H,19,24)/t13-/m0/s1. The van der Waals surface area contributed by atoms with Gasteiger partial charge in [0.15, 0.2) is 0 Å². The van der Waals surface area contributed by atoms with E-state index < -0.39 is 5.82 Å². The molecule has 0 radical (unpaired) electrons. The zero-order valence-electron chi connectivity index (χ0n) is 14.5. The minimum absolute atomic E-state index is 0.0776. The number of nitrogens with one attached hydrogen (secondary N) is 1. The number of carbonyl (C=O) groups is 2. The van der Waals surface area contributed by atoms with Crippen molar-refractivity contribution in [1.82, 2.24) is 14.7 Å². The number of halogens is 1. The lowest BCUT2D eigenvalue weighted by atomic mass is 10.2. The van der Waals surface area contributed by atoms with Crippen molar-refractivity contribution >= 4 is 17.5 Å². The first-order valence-electron chi connectivity index (χ1n) is 8.10. The van der Waals surface area contributed by atoms with Crippen LogP contribution in [0, 0.1) is 5.82 Å². The highest BCUT2D eigenvalue weighted by atomic mass is 19.1. The van der Waals surface area contributed by atoms with Crippen molar-refractivity contribution in [2.75, 3.05) is 52.1 Å². The lowest BCUT2D eigenvalue weighted by Gasteiger charge is -2.37. The van der Waals surface area contributed by atoms with Gasteiger partial charge in [0.05, 0.1) is 18.3 Å². The number of nitrogens with zero attached hydrogens (tertiary/aromatic N) is 3. The van der Waals surface area contributed by atoms with E-state index >= 15 is 0 Å². The fourth-order valence-electron chi connectivity index (χ4n) is 2.61. The number of hydrogen-bond acceptors (Lipinski definition) is 4. The van der Waals surface area contributed by atoms with Crippen LogP contribution in [0.15, 0.2) is 24.3 Å². The fraction of sp³-hybridized carbons (Fsp3) is 0.529. The van der Waals surface area contributed by atoms with Gasteiger partial charge < -0.3 is 10.2 Å². The molecule has 6 nitrogen and oxygen atoms in total. The summed E-state index contributed by atoms with van der Waals surface area (Å²) in [6.07, 6.45) is 0. The summed E-state index contributed by atoms with van der Waals surface area (Å²) in [6, 6.07) is 5.79. The maximum Gasteiger partial charge on any atom is 0.241 e. The molecule has 7 heteroatoms. The second kappa shape index (κ2) is 8.21. The summed E-state index contributed by atoms with van der Waals surface area (Å²) >= 11 is 0. The van der Waals surface area contributed by atoms with Gasteiger partial charge in [-0.15, -0.1) is 0 Å². The van der Waals surface area contributed by atoms with Gasteiger partial charge in [-0.3, -0.25) is 19.4 Å². The molecule has 1 N–H and O–H groups in total. The minimum Gasteiger partial charge on any atom is -0.348 e. The molecular weight excluding hydrogens is 311 g/mol. The summed E-state index contributed by atoms with van der Waals surface area (Å²) < 4.78 is 13.6. The summed E-state index contributed by atoms with van der Waals surface area (Å²) in [6.45, 7) is 5.08. The largest absolute Gasteiger partial charge is 0.348 e.